The van der Waals surface area contributed by atoms with Crippen molar-refractivity contribution >= 4 is 16.1 Å². The highest BCUT2D eigenvalue weighted by Gasteiger charge is 2.33. The van der Waals surface area contributed by atoms with E-state index in [9.17, 15) is 13.2 Å². The van der Waals surface area contributed by atoms with E-state index in [2.05, 4.69) is 5.32 Å². The van der Waals surface area contributed by atoms with Crippen molar-refractivity contribution in [3.63, 3.8) is 0 Å². The molecule has 0 saturated carbocycles. The molecule has 1 aliphatic heterocycles. The summed E-state index contributed by atoms with van der Waals surface area (Å²) in [6, 6.07) is 5.65. The first kappa shape index (κ1) is 20.7. The Kier molecular flexibility index (Phi) is 6.65. The molecule has 1 fully saturated rings. The lowest BCUT2D eigenvalue weighted by molar-refractivity contribution is -0.126. The fraction of sp³-hybridized carbons (Fsp3) is 0.611. The van der Waals surface area contributed by atoms with Crippen LogP contribution in [0.3, 0.4) is 0 Å². The zero-order valence-electron chi connectivity index (χ0n) is 16.2. The van der Waals surface area contributed by atoms with Gasteiger partial charge in [0.15, 0.2) is 0 Å². The smallest absolute Gasteiger partial charge is 0.281 e. The molecule has 0 aliphatic carbocycles. The van der Waals surface area contributed by atoms with Crippen molar-refractivity contribution in [2.75, 3.05) is 34.3 Å². The van der Waals surface area contributed by atoms with Crippen molar-refractivity contribution in [3.8, 4) is 5.75 Å². The Hall–Kier alpha value is -1.64. The van der Waals surface area contributed by atoms with Crippen LogP contribution in [0.25, 0.3) is 0 Å². The lowest BCUT2D eigenvalue weighted by Crippen LogP contribution is -2.49. The topological polar surface area (TPSA) is 79.0 Å². The van der Waals surface area contributed by atoms with Crippen LogP contribution in [0.2, 0.25) is 0 Å². The van der Waals surface area contributed by atoms with Gasteiger partial charge in [-0.15, -0.1) is 0 Å². The van der Waals surface area contributed by atoms with E-state index >= 15 is 0 Å². The number of nitrogens with one attached hydrogen (secondary N) is 1. The van der Waals surface area contributed by atoms with Crippen molar-refractivity contribution in [1.82, 2.24) is 13.9 Å². The summed E-state index contributed by atoms with van der Waals surface area (Å²) in [5.41, 5.74) is 2.00. The lowest BCUT2D eigenvalue weighted by atomic mass is 9.97. The van der Waals surface area contributed by atoms with Crippen LogP contribution < -0.4 is 10.1 Å². The number of benzene rings is 1. The van der Waals surface area contributed by atoms with E-state index in [0.29, 0.717) is 19.4 Å². The summed E-state index contributed by atoms with van der Waals surface area (Å²) in [7, 11) is 1.16. The fourth-order valence-corrected chi connectivity index (χ4v) is 4.37. The molecule has 2 atom stereocenters. The molecule has 2 rings (SSSR count). The Bertz CT molecular complexity index is 749. The van der Waals surface area contributed by atoms with Gasteiger partial charge in [0.1, 0.15) is 5.75 Å². The Morgan fingerprint density at radius 1 is 1.38 bits per heavy atom. The van der Waals surface area contributed by atoms with Crippen LogP contribution in [0.4, 0.5) is 0 Å². The van der Waals surface area contributed by atoms with Crippen LogP contribution in [-0.4, -0.2) is 57.2 Å². The summed E-state index contributed by atoms with van der Waals surface area (Å²) in [5, 5.41) is 3.02. The third-order valence-electron chi connectivity index (χ3n) is 4.82. The van der Waals surface area contributed by atoms with Gasteiger partial charge >= 0.3 is 0 Å². The van der Waals surface area contributed by atoms with Gasteiger partial charge < -0.3 is 10.1 Å². The molecule has 0 spiro atoms. The zero-order chi connectivity index (χ0) is 19.5. The van der Waals surface area contributed by atoms with Gasteiger partial charge in [0.2, 0.25) is 5.91 Å². The van der Waals surface area contributed by atoms with Gasteiger partial charge in [-0.05, 0) is 43.9 Å². The van der Waals surface area contributed by atoms with Crippen LogP contribution in [0.5, 0.6) is 5.75 Å². The van der Waals surface area contributed by atoms with Gasteiger partial charge in [-0.1, -0.05) is 12.1 Å². The first-order valence-corrected chi connectivity index (χ1v) is 10.2. The van der Waals surface area contributed by atoms with Crippen LogP contribution in [0.15, 0.2) is 18.2 Å². The predicted molar refractivity (Wildman–Crippen MR) is 101 cm³/mol. The van der Waals surface area contributed by atoms with E-state index < -0.39 is 10.2 Å². The van der Waals surface area contributed by atoms with Crippen LogP contribution in [0.1, 0.15) is 36.9 Å². The molecule has 1 saturated heterocycles. The Labute approximate surface area is 156 Å². The van der Waals surface area contributed by atoms with Crippen LogP contribution >= 0.6 is 0 Å². The Morgan fingerprint density at radius 3 is 2.65 bits per heavy atom. The van der Waals surface area contributed by atoms with Crippen LogP contribution in [-0.2, 0) is 15.0 Å². The third kappa shape index (κ3) is 4.55. The van der Waals surface area contributed by atoms with Crippen molar-refractivity contribution in [2.45, 2.75) is 32.7 Å². The monoisotopic (exact) mass is 383 g/mol. The van der Waals surface area contributed by atoms with E-state index in [0.717, 1.165) is 16.9 Å². The zero-order valence-corrected chi connectivity index (χ0v) is 17.0. The van der Waals surface area contributed by atoms with E-state index in [1.165, 1.54) is 22.7 Å². The Balaban J connectivity index is 2.03. The predicted octanol–water partition coefficient (Wildman–Crippen LogP) is 1.70. The quantitative estimate of drug-likeness (QED) is 0.811. The molecule has 8 heteroatoms. The Morgan fingerprint density at radius 2 is 2.08 bits per heavy atom. The number of nitrogens with zero attached hydrogens (tertiary/aromatic N) is 2. The summed E-state index contributed by atoms with van der Waals surface area (Å²) in [6.45, 7) is 4.57. The molecule has 1 heterocycles. The number of hydrogen-bond donors (Lipinski definition) is 1. The first-order valence-electron chi connectivity index (χ1n) is 8.79. The second-order valence-corrected chi connectivity index (χ2v) is 9.09. The molecule has 0 radical (unpaired) electrons. The second-order valence-electron chi connectivity index (χ2n) is 6.95. The largest absolute Gasteiger partial charge is 0.496 e. The number of carbonyl (C=O) groups excluding carboxylic acids is 1. The normalized spacial score (nSPS) is 20.0. The summed E-state index contributed by atoms with van der Waals surface area (Å²) in [5.74, 6) is 0.369. The van der Waals surface area contributed by atoms with Gasteiger partial charge in [0.05, 0.1) is 19.1 Å². The average molecular weight is 384 g/mol. The van der Waals surface area contributed by atoms with Crippen LogP contribution in [0, 0.1) is 12.8 Å². The number of piperidine rings is 1. The molecule has 1 aromatic carbocycles. The standard InChI is InChI=1S/C18H29N3O4S/c1-13-11-15(8-9-17(13)25-5)14(2)19-18(22)16-7-6-10-21(12-16)26(23,24)20(3)4/h8-9,11,14,16H,6-7,10,12H2,1-5H3,(H,19,22)/t14-,16+/m0/s1. The number of hydrogen-bond acceptors (Lipinski definition) is 4. The molecular formula is C18H29N3O4S. The van der Waals surface area contributed by atoms with Gasteiger partial charge in [0, 0.05) is 27.2 Å². The fourth-order valence-electron chi connectivity index (χ4n) is 3.18. The molecule has 1 aromatic rings. The second kappa shape index (κ2) is 8.37. The van der Waals surface area contributed by atoms with Crippen molar-refractivity contribution in [2.24, 2.45) is 5.92 Å². The highest BCUT2D eigenvalue weighted by atomic mass is 32.2. The SMILES string of the molecule is COc1ccc([C@H](C)NC(=O)[C@@H]2CCCN(S(=O)(=O)N(C)C)C2)cc1C. The third-order valence-corrected chi connectivity index (χ3v) is 6.73. The summed E-state index contributed by atoms with van der Waals surface area (Å²) >= 11 is 0. The number of carbonyl (C=O) groups is 1. The highest BCUT2D eigenvalue weighted by Crippen LogP contribution is 2.24. The van der Waals surface area contributed by atoms with Crippen molar-refractivity contribution in [3.05, 3.63) is 29.3 Å². The lowest BCUT2D eigenvalue weighted by Gasteiger charge is -2.33. The maximum absolute atomic E-state index is 12.7. The molecule has 7 nitrogen and oxygen atoms in total. The summed E-state index contributed by atoms with van der Waals surface area (Å²) in [6.07, 6.45) is 1.38. The maximum atomic E-state index is 12.7. The van der Waals surface area contributed by atoms with E-state index in [4.69, 9.17) is 4.74 Å². The molecule has 0 aromatic heterocycles. The number of rotatable bonds is 6. The van der Waals surface area contributed by atoms with Crippen molar-refractivity contribution < 1.29 is 17.9 Å². The van der Waals surface area contributed by atoms with Gasteiger partial charge in [-0.25, -0.2) is 0 Å². The summed E-state index contributed by atoms with van der Waals surface area (Å²) in [4.78, 5) is 12.7. The first-order chi connectivity index (χ1) is 12.2. The maximum Gasteiger partial charge on any atom is 0.281 e. The molecule has 26 heavy (non-hydrogen) atoms. The molecule has 1 aliphatic rings. The minimum absolute atomic E-state index is 0.107. The van der Waals surface area contributed by atoms with E-state index in [-0.39, 0.29) is 24.4 Å². The summed E-state index contributed by atoms with van der Waals surface area (Å²) < 4.78 is 32.5. The van der Waals surface area contributed by atoms with Gasteiger partial charge in [-0.2, -0.15) is 17.0 Å². The number of aryl methyl sites for hydroxylation is 1. The number of amides is 1. The average Bonchev–Trinajstić information content (AvgIpc) is 2.61. The number of ether oxygens (including phenoxy) is 1. The highest BCUT2D eigenvalue weighted by molar-refractivity contribution is 7.86. The molecule has 0 bridgehead atoms. The van der Waals surface area contributed by atoms with E-state index in [1.54, 1.807) is 7.11 Å². The van der Waals surface area contributed by atoms with Crippen molar-refractivity contribution in [1.29, 1.82) is 0 Å². The molecule has 1 N–H and O–H groups in total. The minimum atomic E-state index is -3.49. The molecule has 1 amide bonds. The van der Waals surface area contributed by atoms with E-state index in [1.807, 2.05) is 32.0 Å². The number of methoxy groups -OCH3 is 1. The molecule has 146 valence electrons. The molecular weight excluding hydrogens is 354 g/mol. The minimum Gasteiger partial charge on any atom is -0.496 e. The van der Waals surface area contributed by atoms with Gasteiger partial charge in [-0.3, -0.25) is 4.79 Å². The van der Waals surface area contributed by atoms with Gasteiger partial charge in [0.25, 0.3) is 10.2 Å². The molecule has 0 unspecified atom stereocenters.